The molecule has 0 radical (unpaired) electrons. The molecule has 0 N–H and O–H groups in total. The van der Waals surface area contributed by atoms with Gasteiger partial charge in [-0.1, -0.05) is 72.3 Å². The largest absolute Gasteiger partial charge is 0.476 e. The molecule has 0 aliphatic carbocycles. The molecule has 0 bridgehead atoms. The van der Waals surface area contributed by atoms with Crippen LogP contribution in [0.3, 0.4) is 0 Å². The first kappa shape index (κ1) is 18.2. The van der Waals surface area contributed by atoms with E-state index in [-0.39, 0.29) is 0 Å². The van der Waals surface area contributed by atoms with E-state index in [0.717, 1.165) is 28.3 Å². The lowest BCUT2D eigenvalue weighted by atomic mass is 10.0. The van der Waals surface area contributed by atoms with Crippen LogP contribution in [0.15, 0.2) is 91.0 Å². The van der Waals surface area contributed by atoms with Gasteiger partial charge in [0.1, 0.15) is 0 Å². The number of hydrogen-bond donors (Lipinski definition) is 0. The van der Waals surface area contributed by atoms with Gasteiger partial charge in [0.25, 0.3) is 0 Å². The maximum absolute atomic E-state index is 5.90. The average molecular weight is 387 g/mol. The van der Waals surface area contributed by atoms with Crippen LogP contribution in [-0.2, 0) is 6.42 Å². The summed E-state index contributed by atoms with van der Waals surface area (Å²) < 4.78 is 5.72. The molecule has 4 rings (SSSR count). The van der Waals surface area contributed by atoms with Crippen molar-refractivity contribution in [3.8, 4) is 28.3 Å². The first-order valence-corrected chi connectivity index (χ1v) is 9.52. The zero-order chi connectivity index (χ0) is 19.2. The van der Waals surface area contributed by atoms with E-state index in [2.05, 4.69) is 34.5 Å². The number of rotatable bonds is 6. The molecule has 0 atom stereocenters. The second-order valence-electron chi connectivity index (χ2n) is 6.43. The van der Waals surface area contributed by atoms with Gasteiger partial charge in [0.2, 0.25) is 5.88 Å². The van der Waals surface area contributed by atoms with E-state index in [4.69, 9.17) is 16.3 Å². The molecule has 1 heterocycles. The van der Waals surface area contributed by atoms with Gasteiger partial charge in [0, 0.05) is 23.1 Å². The minimum atomic E-state index is 0.525. The molecule has 0 saturated heterocycles. The van der Waals surface area contributed by atoms with Crippen LogP contribution in [0.5, 0.6) is 5.88 Å². The monoisotopic (exact) mass is 386 g/mol. The van der Waals surface area contributed by atoms with Gasteiger partial charge in [-0.2, -0.15) is 0 Å². The van der Waals surface area contributed by atoms with Crippen LogP contribution in [0.4, 0.5) is 0 Å². The highest BCUT2D eigenvalue weighted by atomic mass is 35.5. The fourth-order valence-corrected chi connectivity index (χ4v) is 3.09. The van der Waals surface area contributed by atoms with Crippen molar-refractivity contribution in [2.24, 2.45) is 0 Å². The molecule has 4 heteroatoms. The van der Waals surface area contributed by atoms with E-state index >= 15 is 0 Å². The quantitative estimate of drug-likeness (QED) is 0.402. The van der Waals surface area contributed by atoms with Crippen LogP contribution >= 0.6 is 11.6 Å². The summed E-state index contributed by atoms with van der Waals surface area (Å²) in [5, 5.41) is 9.28. The first-order valence-electron chi connectivity index (χ1n) is 9.15. The van der Waals surface area contributed by atoms with Crippen LogP contribution in [-0.4, -0.2) is 16.8 Å². The fourth-order valence-electron chi connectivity index (χ4n) is 2.96. The number of benzene rings is 3. The van der Waals surface area contributed by atoms with Crippen molar-refractivity contribution in [1.82, 2.24) is 10.2 Å². The summed E-state index contributed by atoms with van der Waals surface area (Å²) in [6, 6.07) is 30.2. The van der Waals surface area contributed by atoms with E-state index in [1.165, 1.54) is 11.1 Å². The Labute approximate surface area is 169 Å². The molecule has 0 aliphatic rings. The topological polar surface area (TPSA) is 35.0 Å². The summed E-state index contributed by atoms with van der Waals surface area (Å²) >= 11 is 5.90. The molecule has 4 aromatic rings. The predicted octanol–water partition coefficient (Wildman–Crippen LogP) is 6.09. The van der Waals surface area contributed by atoms with Gasteiger partial charge in [-0.3, -0.25) is 0 Å². The molecule has 1 aromatic heterocycles. The van der Waals surface area contributed by atoms with Crippen molar-refractivity contribution in [3.63, 3.8) is 0 Å². The van der Waals surface area contributed by atoms with Gasteiger partial charge < -0.3 is 4.74 Å². The van der Waals surface area contributed by atoms with Crippen molar-refractivity contribution in [3.05, 3.63) is 102 Å². The Balaban J connectivity index is 1.41. The molecule has 3 nitrogen and oxygen atoms in total. The van der Waals surface area contributed by atoms with E-state index in [9.17, 15) is 0 Å². The number of nitrogens with zero attached hydrogens (tertiary/aromatic N) is 2. The van der Waals surface area contributed by atoms with Gasteiger partial charge in [-0.05, 0) is 41.0 Å². The standard InChI is InChI=1S/C24H19ClN2O/c25-22-11-9-18(10-12-22)15-16-28-24-14-13-23(26-27-24)21-8-4-7-20(17-21)19-5-2-1-3-6-19/h1-14,17H,15-16H2. The molecular weight excluding hydrogens is 368 g/mol. The summed E-state index contributed by atoms with van der Waals surface area (Å²) in [7, 11) is 0. The van der Waals surface area contributed by atoms with E-state index in [1.807, 2.05) is 66.7 Å². The van der Waals surface area contributed by atoms with E-state index in [0.29, 0.717) is 12.5 Å². The summed E-state index contributed by atoms with van der Waals surface area (Å²) in [4.78, 5) is 0. The van der Waals surface area contributed by atoms with Gasteiger partial charge in [-0.15, -0.1) is 10.2 Å². The Morgan fingerprint density at radius 2 is 1.43 bits per heavy atom. The number of aromatic nitrogens is 2. The number of ether oxygens (including phenoxy) is 1. The second kappa shape index (κ2) is 8.68. The van der Waals surface area contributed by atoms with Crippen molar-refractivity contribution < 1.29 is 4.74 Å². The number of hydrogen-bond acceptors (Lipinski definition) is 3. The third kappa shape index (κ3) is 4.56. The molecular formula is C24H19ClN2O. The molecule has 0 saturated carbocycles. The highest BCUT2D eigenvalue weighted by Crippen LogP contribution is 2.25. The third-order valence-electron chi connectivity index (χ3n) is 4.46. The average Bonchev–Trinajstić information content (AvgIpc) is 2.76. The van der Waals surface area contributed by atoms with Gasteiger partial charge in [0.05, 0.1) is 12.3 Å². The number of halogens is 1. The van der Waals surface area contributed by atoms with Crippen molar-refractivity contribution >= 4 is 11.6 Å². The molecule has 0 fully saturated rings. The fraction of sp³-hybridized carbons (Fsp3) is 0.0833. The molecule has 0 spiro atoms. The minimum Gasteiger partial charge on any atom is -0.476 e. The van der Waals surface area contributed by atoms with Crippen LogP contribution in [0.25, 0.3) is 22.4 Å². The summed E-state index contributed by atoms with van der Waals surface area (Å²) in [5.74, 6) is 0.525. The Morgan fingerprint density at radius 1 is 0.679 bits per heavy atom. The van der Waals surface area contributed by atoms with Crippen LogP contribution in [0, 0.1) is 0 Å². The van der Waals surface area contributed by atoms with E-state index < -0.39 is 0 Å². The lowest BCUT2D eigenvalue weighted by Crippen LogP contribution is -2.03. The van der Waals surface area contributed by atoms with Crippen LogP contribution in [0.1, 0.15) is 5.56 Å². The zero-order valence-corrected chi connectivity index (χ0v) is 16.0. The molecule has 3 aromatic carbocycles. The smallest absolute Gasteiger partial charge is 0.233 e. The van der Waals surface area contributed by atoms with Gasteiger partial charge in [0.15, 0.2) is 0 Å². The Morgan fingerprint density at radius 3 is 2.18 bits per heavy atom. The Hall–Kier alpha value is -3.17. The van der Waals surface area contributed by atoms with Gasteiger partial charge >= 0.3 is 0 Å². The summed E-state index contributed by atoms with van der Waals surface area (Å²) in [5.41, 5.74) is 5.36. The SMILES string of the molecule is Clc1ccc(CCOc2ccc(-c3cccc(-c4ccccc4)c3)nn2)cc1. The Bertz CT molecular complexity index is 1030. The normalized spacial score (nSPS) is 10.6. The Kier molecular flexibility index (Phi) is 5.64. The minimum absolute atomic E-state index is 0.525. The van der Waals surface area contributed by atoms with Crippen molar-refractivity contribution in [2.75, 3.05) is 6.61 Å². The lowest BCUT2D eigenvalue weighted by molar-refractivity contribution is 0.306. The lowest BCUT2D eigenvalue weighted by Gasteiger charge is -2.07. The molecule has 138 valence electrons. The molecule has 0 amide bonds. The molecule has 0 aliphatic heterocycles. The predicted molar refractivity (Wildman–Crippen MR) is 114 cm³/mol. The second-order valence-corrected chi connectivity index (χ2v) is 6.87. The highest BCUT2D eigenvalue weighted by Gasteiger charge is 2.05. The zero-order valence-electron chi connectivity index (χ0n) is 15.3. The van der Waals surface area contributed by atoms with E-state index in [1.54, 1.807) is 0 Å². The van der Waals surface area contributed by atoms with Crippen molar-refractivity contribution in [1.29, 1.82) is 0 Å². The summed E-state index contributed by atoms with van der Waals surface area (Å²) in [6.07, 6.45) is 0.791. The maximum Gasteiger partial charge on any atom is 0.233 e. The first-order chi connectivity index (χ1) is 13.8. The van der Waals surface area contributed by atoms with Crippen molar-refractivity contribution in [2.45, 2.75) is 6.42 Å². The maximum atomic E-state index is 5.90. The van der Waals surface area contributed by atoms with Gasteiger partial charge in [-0.25, -0.2) is 0 Å². The molecule has 0 unspecified atom stereocenters. The summed E-state index contributed by atoms with van der Waals surface area (Å²) in [6.45, 7) is 0.541. The van der Waals surface area contributed by atoms with Crippen LogP contribution in [0.2, 0.25) is 5.02 Å². The molecule has 28 heavy (non-hydrogen) atoms. The highest BCUT2D eigenvalue weighted by molar-refractivity contribution is 6.30. The third-order valence-corrected chi connectivity index (χ3v) is 4.71. The van der Waals surface area contributed by atoms with Crippen LogP contribution < -0.4 is 4.74 Å².